The van der Waals surface area contributed by atoms with Crippen molar-refractivity contribution in [2.75, 3.05) is 0 Å². The molecule has 82 valence electrons. The summed E-state index contributed by atoms with van der Waals surface area (Å²) in [5.41, 5.74) is 0.744. The number of imidazole rings is 1. The minimum absolute atomic E-state index is 0.0412. The lowest BCUT2D eigenvalue weighted by molar-refractivity contribution is -0.384. The monoisotopic (exact) mass is 237 g/mol. The van der Waals surface area contributed by atoms with Gasteiger partial charge in [-0.1, -0.05) is 11.6 Å². The lowest BCUT2D eigenvalue weighted by Gasteiger charge is -2.04. The van der Waals surface area contributed by atoms with Crippen molar-refractivity contribution < 1.29 is 4.92 Å². The second-order valence-corrected chi connectivity index (χ2v) is 3.68. The van der Waals surface area contributed by atoms with E-state index in [2.05, 4.69) is 4.98 Å². The van der Waals surface area contributed by atoms with E-state index in [1.165, 1.54) is 18.2 Å². The van der Waals surface area contributed by atoms with E-state index in [4.69, 9.17) is 11.6 Å². The van der Waals surface area contributed by atoms with E-state index in [0.717, 1.165) is 0 Å². The van der Waals surface area contributed by atoms with Gasteiger partial charge in [-0.3, -0.25) is 10.1 Å². The Morgan fingerprint density at radius 2 is 2.31 bits per heavy atom. The minimum atomic E-state index is -0.437. The Kier molecular flexibility index (Phi) is 2.87. The summed E-state index contributed by atoms with van der Waals surface area (Å²) in [6.45, 7) is 0.473. The highest BCUT2D eigenvalue weighted by molar-refractivity contribution is 6.31. The van der Waals surface area contributed by atoms with Crippen molar-refractivity contribution in [3.63, 3.8) is 0 Å². The van der Waals surface area contributed by atoms with Crippen LogP contribution in [0.1, 0.15) is 5.56 Å². The molecule has 0 N–H and O–H groups in total. The van der Waals surface area contributed by atoms with E-state index in [-0.39, 0.29) is 5.69 Å². The molecule has 2 aromatic rings. The topological polar surface area (TPSA) is 61.0 Å². The maximum Gasteiger partial charge on any atom is 0.269 e. The standard InChI is InChI=1S/C10H8ClN3O2/c11-10-2-1-9(14(15)16)5-8(10)6-13-4-3-12-7-13/h1-5,7H,6H2. The van der Waals surface area contributed by atoms with Crippen molar-refractivity contribution >= 4 is 17.3 Å². The maximum absolute atomic E-state index is 10.6. The van der Waals surface area contributed by atoms with Gasteiger partial charge in [0.05, 0.1) is 17.8 Å². The molecule has 0 saturated heterocycles. The molecule has 0 amide bonds. The zero-order chi connectivity index (χ0) is 11.5. The first-order valence-electron chi connectivity index (χ1n) is 4.55. The number of benzene rings is 1. The quantitative estimate of drug-likeness (QED) is 0.609. The number of rotatable bonds is 3. The summed E-state index contributed by atoms with van der Waals surface area (Å²) in [5.74, 6) is 0. The molecule has 6 heteroatoms. The molecule has 0 saturated carbocycles. The van der Waals surface area contributed by atoms with Crippen LogP contribution in [0.2, 0.25) is 5.02 Å². The van der Waals surface area contributed by atoms with Crippen molar-refractivity contribution in [3.05, 3.63) is 57.6 Å². The molecule has 0 unspecified atom stereocenters. The molecular weight excluding hydrogens is 230 g/mol. The molecule has 1 aromatic carbocycles. The Bertz CT molecular complexity index is 511. The lowest BCUT2D eigenvalue weighted by Crippen LogP contribution is -1.98. The van der Waals surface area contributed by atoms with E-state index in [9.17, 15) is 10.1 Å². The summed E-state index contributed by atoms with van der Waals surface area (Å²) in [4.78, 5) is 14.1. The third-order valence-corrected chi connectivity index (χ3v) is 2.52. The van der Waals surface area contributed by atoms with Crippen LogP contribution in [0.5, 0.6) is 0 Å². The average molecular weight is 238 g/mol. The van der Waals surface area contributed by atoms with Crippen molar-refractivity contribution in [1.82, 2.24) is 9.55 Å². The highest BCUT2D eigenvalue weighted by Gasteiger charge is 2.09. The number of hydrogen-bond donors (Lipinski definition) is 0. The summed E-state index contributed by atoms with van der Waals surface area (Å²) in [6, 6.07) is 4.40. The maximum atomic E-state index is 10.6. The van der Waals surface area contributed by atoms with Crippen LogP contribution in [-0.2, 0) is 6.54 Å². The molecule has 0 aliphatic carbocycles. The van der Waals surface area contributed by atoms with Gasteiger partial charge in [0.15, 0.2) is 0 Å². The molecule has 0 spiro atoms. The summed E-state index contributed by atoms with van der Waals surface area (Å²) in [6.07, 6.45) is 5.05. The van der Waals surface area contributed by atoms with Crippen LogP contribution in [0.25, 0.3) is 0 Å². The van der Waals surface area contributed by atoms with Gasteiger partial charge in [0.2, 0.25) is 0 Å². The fraction of sp³-hybridized carbons (Fsp3) is 0.100. The largest absolute Gasteiger partial charge is 0.333 e. The van der Waals surface area contributed by atoms with E-state index in [1.54, 1.807) is 23.3 Å². The first-order chi connectivity index (χ1) is 7.66. The molecule has 16 heavy (non-hydrogen) atoms. The molecule has 2 rings (SSSR count). The minimum Gasteiger partial charge on any atom is -0.333 e. The molecule has 0 radical (unpaired) electrons. The van der Waals surface area contributed by atoms with Gasteiger partial charge in [-0.25, -0.2) is 4.98 Å². The summed E-state index contributed by atoms with van der Waals surface area (Å²) in [5, 5.41) is 11.1. The first-order valence-corrected chi connectivity index (χ1v) is 4.93. The molecule has 0 bridgehead atoms. The molecule has 5 nitrogen and oxygen atoms in total. The molecule has 0 aliphatic rings. The highest BCUT2D eigenvalue weighted by atomic mass is 35.5. The van der Waals surface area contributed by atoms with E-state index >= 15 is 0 Å². The van der Waals surface area contributed by atoms with Crippen LogP contribution in [0, 0.1) is 10.1 Å². The van der Waals surface area contributed by atoms with E-state index < -0.39 is 4.92 Å². The Hall–Kier alpha value is -1.88. The lowest BCUT2D eigenvalue weighted by atomic mass is 10.2. The molecular formula is C10H8ClN3O2. The predicted octanol–water partition coefficient (Wildman–Crippen LogP) is 2.49. The van der Waals surface area contributed by atoms with Crippen molar-refractivity contribution in [3.8, 4) is 0 Å². The van der Waals surface area contributed by atoms with Gasteiger partial charge in [-0.15, -0.1) is 0 Å². The Labute approximate surface area is 96.4 Å². The van der Waals surface area contributed by atoms with Crippen molar-refractivity contribution in [2.24, 2.45) is 0 Å². The molecule has 0 aliphatic heterocycles. The van der Waals surface area contributed by atoms with Gasteiger partial charge in [-0.05, 0) is 11.6 Å². The normalized spacial score (nSPS) is 10.3. The fourth-order valence-corrected chi connectivity index (χ4v) is 1.55. The number of halogens is 1. The summed E-state index contributed by atoms with van der Waals surface area (Å²) >= 11 is 5.96. The second-order valence-electron chi connectivity index (χ2n) is 3.27. The van der Waals surface area contributed by atoms with Crippen LogP contribution in [0.3, 0.4) is 0 Å². The van der Waals surface area contributed by atoms with Crippen LogP contribution in [0.15, 0.2) is 36.9 Å². The Morgan fingerprint density at radius 3 is 2.94 bits per heavy atom. The van der Waals surface area contributed by atoms with Crippen LogP contribution in [-0.4, -0.2) is 14.5 Å². The third kappa shape index (κ3) is 2.20. The summed E-state index contributed by atoms with van der Waals surface area (Å²) in [7, 11) is 0. The SMILES string of the molecule is O=[N+]([O-])c1ccc(Cl)c(Cn2ccnc2)c1. The van der Waals surface area contributed by atoms with Gasteiger partial charge in [0.25, 0.3) is 5.69 Å². The van der Waals surface area contributed by atoms with Gasteiger partial charge in [-0.2, -0.15) is 0 Å². The molecule has 1 heterocycles. The molecule has 0 fully saturated rings. The fourth-order valence-electron chi connectivity index (χ4n) is 1.37. The van der Waals surface area contributed by atoms with Gasteiger partial charge in [0, 0.05) is 29.5 Å². The van der Waals surface area contributed by atoms with Gasteiger partial charge >= 0.3 is 0 Å². The second kappa shape index (κ2) is 4.32. The number of nitro groups is 1. The van der Waals surface area contributed by atoms with Crippen molar-refractivity contribution in [1.29, 1.82) is 0 Å². The number of nitrogens with zero attached hydrogens (tertiary/aromatic N) is 3. The van der Waals surface area contributed by atoms with Crippen LogP contribution >= 0.6 is 11.6 Å². The van der Waals surface area contributed by atoms with Gasteiger partial charge in [0.1, 0.15) is 0 Å². The average Bonchev–Trinajstić information content (AvgIpc) is 2.73. The smallest absolute Gasteiger partial charge is 0.269 e. The molecule has 1 aromatic heterocycles. The number of non-ortho nitro benzene ring substituents is 1. The first kappa shape index (κ1) is 10.6. The zero-order valence-corrected chi connectivity index (χ0v) is 8.96. The number of aromatic nitrogens is 2. The Morgan fingerprint density at radius 1 is 1.50 bits per heavy atom. The van der Waals surface area contributed by atoms with Crippen molar-refractivity contribution in [2.45, 2.75) is 6.54 Å². The van der Waals surface area contributed by atoms with E-state index in [0.29, 0.717) is 17.1 Å². The molecule has 0 atom stereocenters. The third-order valence-electron chi connectivity index (χ3n) is 2.15. The summed E-state index contributed by atoms with van der Waals surface area (Å²) < 4.78 is 1.80. The highest BCUT2D eigenvalue weighted by Crippen LogP contribution is 2.22. The van der Waals surface area contributed by atoms with Gasteiger partial charge < -0.3 is 4.57 Å². The zero-order valence-electron chi connectivity index (χ0n) is 8.21. The number of nitro benzene ring substituents is 1. The van der Waals surface area contributed by atoms with Crippen LogP contribution in [0.4, 0.5) is 5.69 Å². The Balaban J connectivity index is 2.32. The van der Waals surface area contributed by atoms with Crippen LogP contribution < -0.4 is 0 Å². The predicted molar refractivity (Wildman–Crippen MR) is 59.4 cm³/mol. The number of hydrogen-bond acceptors (Lipinski definition) is 3. The van der Waals surface area contributed by atoms with E-state index in [1.807, 2.05) is 0 Å².